The quantitative estimate of drug-likeness (QED) is 0.589. The van der Waals surface area contributed by atoms with E-state index in [0.717, 1.165) is 31.1 Å². The molecule has 6 rings (SSSR count). The van der Waals surface area contributed by atoms with Crippen LogP contribution in [-0.2, 0) is 10.2 Å². The van der Waals surface area contributed by atoms with Gasteiger partial charge in [0.25, 0.3) is 0 Å². The topological polar surface area (TPSA) is 49.3 Å². The molecule has 2 N–H and O–H groups in total. The molecule has 4 aliphatic rings. The number of rotatable bonds is 4. The molecule has 0 saturated heterocycles. The lowest BCUT2D eigenvalue weighted by Crippen LogP contribution is -2.55. The van der Waals surface area contributed by atoms with E-state index in [-0.39, 0.29) is 16.7 Å². The lowest BCUT2D eigenvalue weighted by atomic mass is 9.42. The molecular formula is C24H27NO2. The summed E-state index contributed by atoms with van der Waals surface area (Å²) < 4.78 is 0. The maximum Gasteiger partial charge on any atom is 0.243 e. The van der Waals surface area contributed by atoms with Gasteiger partial charge in [-0.15, -0.1) is 0 Å². The van der Waals surface area contributed by atoms with Crippen LogP contribution in [0.2, 0.25) is 0 Å². The van der Waals surface area contributed by atoms with Crippen molar-refractivity contribution in [3.63, 3.8) is 0 Å². The Balaban J connectivity index is 1.46. The van der Waals surface area contributed by atoms with Crippen molar-refractivity contribution in [2.75, 3.05) is 0 Å². The summed E-state index contributed by atoms with van der Waals surface area (Å²) in [6.07, 6.45) is 7.71. The molecule has 140 valence electrons. The van der Waals surface area contributed by atoms with E-state index < -0.39 is 0 Å². The largest absolute Gasteiger partial charge is 0.289 e. The molecule has 0 aliphatic heterocycles. The van der Waals surface area contributed by atoms with Gasteiger partial charge in [-0.05, 0) is 77.9 Å². The highest BCUT2D eigenvalue weighted by Crippen LogP contribution is 2.66. The molecule has 1 amide bonds. The van der Waals surface area contributed by atoms with E-state index in [1.165, 1.54) is 36.0 Å². The summed E-state index contributed by atoms with van der Waals surface area (Å²) in [5, 5.41) is 9.06. The molecule has 27 heavy (non-hydrogen) atoms. The molecular weight excluding hydrogens is 334 g/mol. The highest BCUT2D eigenvalue weighted by molar-refractivity contribution is 5.75. The minimum Gasteiger partial charge on any atom is -0.289 e. The third kappa shape index (κ3) is 2.89. The molecule has 4 saturated carbocycles. The van der Waals surface area contributed by atoms with E-state index in [0.29, 0.717) is 6.42 Å². The standard InChI is InChI=1S/C24H27NO2/c26-22(25-27)15-23-11-17-10-18(12-23)14-24(13-17,16-23)21-8-6-20(7-9-21)19-4-2-1-3-5-19/h1-9,17-18,27H,10-16H2,(H,25,26)/t17-,18+,23?,24?. The van der Waals surface area contributed by atoms with Gasteiger partial charge in [-0.1, -0.05) is 54.6 Å². The van der Waals surface area contributed by atoms with E-state index in [1.54, 1.807) is 0 Å². The Kier molecular flexibility index (Phi) is 3.90. The molecule has 4 fully saturated rings. The second-order valence-electron chi connectivity index (χ2n) is 9.40. The second-order valence-corrected chi connectivity index (χ2v) is 9.40. The number of hydroxylamine groups is 1. The van der Waals surface area contributed by atoms with Gasteiger partial charge in [-0.2, -0.15) is 0 Å². The van der Waals surface area contributed by atoms with Crippen LogP contribution in [0, 0.1) is 17.3 Å². The Morgan fingerprint density at radius 3 is 2.19 bits per heavy atom. The Hall–Kier alpha value is -2.13. The van der Waals surface area contributed by atoms with E-state index in [1.807, 2.05) is 5.48 Å². The summed E-state index contributed by atoms with van der Waals surface area (Å²) in [6, 6.07) is 19.7. The van der Waals surface area contributed by atoms with Gasteiger partial charge in [-0.3, -0.25) is 10.0 Å². The van der Waals surface area contributed by atoms with Gasteiger partial charge in [0.05, 0.1) is 0 Å². The number of nitrogens with one attached hydrogen (secondary N) is 1. The van der Waals surface area contributed by atoms with Gasteiger partial charge >= 0.3 is 0 Å². The third-order valence-corrected chi connectivity index (χ3v) is 7.45. The number of hydrogen-bond acceptors (Lipinski definition) is 2. The molecule has 0 spiro atoms. The summed E-state index contributed by atoms with van der Waals surface area (Å²) in [6.45, 7) is 0. The molecule has 4 bridgehead atoms. The van der Waals surface area contributed by atoms with Crippen LogP contribution in [0.1, 0.15) is 50.5 Å². The predicted octanol–water partition coefficient (Wildman–Crippen LogP) is 5.09. The fraction of sp³-hybridized carbons (Fsp3) is 0.458. The molecule has 2 unspecified atom stereocenters. The molecule has 2 aromatic rings. The summed E-state index contributed by atoms with van der Waals surface area (Å²) in [7, 11) is 0. The van der Waals surface area contributed by atoms with Crippen molar-refractivity contribution in [1.82, 2.24) is 5.48 Å². The number of amides is 1. The van der Waals surface area contributed by atoms with Crippen molar-refractivity contribution >= 4 is 5.91 Å². The first-order valence-corrected chi connectivity index (χ1v) is 10.2. The first-order valence-electron chi connectivity index (χ1n) is 10.2. The van der Waals surface area contributed by atoms with Crippen molar-refractivity contribution in [3.8, 4) is 11.1 Å². The molecule has 3 nitrogen and oxygen atoms in total. The highest BCUT2D eigenvalue weighted by atomic mass is 16.5. The first kappa shape index (κ1) is 17.0. The lowest BCUT2D eigenvalue weighted by Gasteiger charge is -2.62. The number of hydrogen-bond donors (Lipinski definition) is 2. The van der Waals surface area contributed by atoms with Gasteiger partial charge in [0.15, 0.2) is 0 Å². The minimum atomic E-state index is -0.216. The van der Waals surface area contributed by atoms with Crippen LogP contribution in [0.15, 0.2) is 54.6 Å². The third-order valence-electron chi connectivity index (χ3n) is 7.45. The average molecular weight is 361 g/mol. The van der Waals surface area contributed by atoms with Gasteiger partial charge in [-0.25, -0.2) is 5.48 Å². The van der Waals surface area contributed by atoms with Gasteiger partial charge in [0, 0.05) is 6.42 Å². The van der Waals surface area contributed by atoms with Crippen LogP contribution in [0.3, 0.4) is 0 Å². The predicted molar refractivity (Wildman–Crippen MR) is 105 cm³/mol. The number of benzene rings is 2. The normalized spacial score (nSPS) is 33.8. The van der Waals surface area contributed by atoms with Gasteiger partial charge in [0.2, 0.25) is 5.91 Å². The van der Waals surface area contributed by atoms with Gasteiger partial charge in [0.1, 0.15) is 0 Å². The Morgan fingerprint density at radius 2 is 1.56 bits per heavy atom. The molecule has 2 aromatic carbocycles. The minimum absolute atomic E-state index is 0.0784. The second kappa shape index (κ2) is 6.20. The monoisotopic (exact) mass is 361 g/mol. The van der Waals surface area contributed by atoms with Crippen LogP contribution in [0.25, 0.3) is 11.1 Å². The molecule has 0 heterocycles. The van der Waals surface area contributed by atoms with Crippen molar-refractivity contribution in [3.05, 3.63) is 60.2 Å². The molecule has 0 aromatic heterocycles. The smallest absolute Gasteiger partial charge is 0.243 e. The Morgan fingerprint density at radius 1 is 0.926 bits per heavy atom. The van der Waals surface area contributed by atoms with Crippen molar-refractivity contribution in [1.29, 1.82) is 0 Å². The SMILES string of the molecule is O=C(CC12C[C@H]3C[C@@H](C1)CC(c1ccc(-c4ccccc4)cc1)(C3)C2)NO. The summed E-state index contributed by atoms with van der Waals surface area (Å²) in [4.78, 5) is 12.0. The van der Waals surface area contributed by atoms with Crippen LogP contribution in [-0.4, -0.2) is 11.1 Å². The van der Waals surface area contributed by atoms with Crippen LogP contribution in [0.4, 0.5) is 0 Å². The fourth-order valence-electron chi connectivity index (χ4n) is 7.02. The first-order chi connectivity index (χ1) is 13.1. The maximum atomic E-state index is 12.0. The number of carbonyl (C=O) groups excluding carboxylic acids is 1. The average Bonchev–Trinajstić information content (AvgIpc) is 2.67. The van der Waals surface area contributed by atoms with E-state index >= 15 is 0 Å². The lowest BCUT2D eigenvalue weighted by molar-refractivity contribution is -0.139. The Labute approximate surface area is 160 Å². The zero-order valence-electron chi connectivity index (χ0n) is 15.7. The Bertz CT molecular complexity index is 828. The van der Waals surface area contributed by atoms with Gasteiger partial charge < -0.3 is 0 Å². The highest BCUT2D eigenvalue weighted by Gasteiger charge is 2.58. The zero-order valence-corrected chi connectivity index (χ0v) is 15.7. The maximum absolute atomic E-state index is 12.0. The van der Waals surface area contributed by atoms with E-state index in [4.69, 9.17) is 5.21 Å². The molecule has 4 atom stereocenters. The molecule has 0 radical (unpaired) electrons. The van der Waals surface area contributed by atoms with Crippen molar-refractivity contribution in [2.45, 2.75) is 50.4 Å². The van der Waals surface area contributed by atoms with Crippen LogP contribution in [0.5, 0.6) is 0 Å². The van der Waals surface area contributed by atoms with Crippen LogP contribution < -0.4 is 5.48 Å². The summed E-state index contributed by atoms with van der Waals surface area (Å²) >= 11 is 0. The van der Waals surface area contributed by atoms with Crippen LogP contribution >= 0.6 is 0 Å². The van der Waals surface area contributed by atoms with Crippen molar-refractivity contribution < 1.29 is 10.0 Å². The molecule has 4 aliphatic carbocycles. The van der Waals surface area contributed by atoms with E-state index in [9.17, 15) is 4.79 Å². The van der Waals surface area contributed by atoms with Crippen molar-refractivity contribution in [2.24, 2.45) is 17.3 Å². The molecule has 3 heteroatoms. The summed E-state index contributed by atoms with van der Waals surface area (Å²) in [5.74, 6) is 1.24. The zero-order chi connectivity index (χ0) is 18.5. The van der Waals surface area contributed by atoms with E-state index in [2.05, 4.69) is 54.6 Å². The number of carbonyl (C=O) groups is 1. The summed E-state index contributed by atoms with van der Waals surface area (Å²) in [5.41, 5.74) is 6.14. The fourth-order valence-corrected chi connectivity index (χ4v) is 7.02.